The minimum absolute atomic E-state index is 0.0561. The van der Waals surface area contributed by atoms with Gasteiger partial charge in [-0.2, -0.15) is 0 Å². The van der Waals surface area contributed by atoms with Crippen molar-refractivity contribution in [2.45, 2.75) is 39.5 Å². The third kappa shape index (κ3) is 2.81. The number of benzene rings is 1. The Bertz CT molecular complexity index is 492. The van der Waals surface area contributed by atoms with Crippen molar-refractivity contribution in [1.82, 2.24) is 0 Å². The Kier molecular flexibility index (Phi) is 4.83. The van der Waals surface area contributed by atoms with Gasteiger partial charge in [0.1, 0.15) is 0 Å². The van der Waals surface area contributed by atoms with Crippen molar-refractivity contribution < 1.29 is 0 Å². The molecule has 0 fully saturated rings. The summed E-state index contributed by atoms with van der Waals surface area (Å²) in [7, 11) is 0.0561. The van der Waals surface area contributed by atoms with Crippen molar-refractivity contribution in [2.75, 3.05) is 12.3 Å². The average molecular weight is 381 g/mol. The van der Waals surface area contributed by atoms with Gasteiger partial charge in [-0.3, -0.25) is 0 Å². The molecule has 0 spiro atoms. The maximum absolute atomic E-state index is 2.59. The van der Waals surface area contributed by atoms with Gasteiger partial charge in [0.05, 0.1) is 0 Å². The molecule has 1 aromatic carbocycles. The first-order valence-electron chi connectivity index (χ1n) is 7.46. The first kappa shape index (κ1) is 15.6. The van der Waals surface area contributed by atoms with Crippen LogP contribution in [-0.4, -0.2) is 30.7 Å². The summed E-state index contributed by atoms with van der Waals surface area (Å²) < 4.78 is 0.809. The number of hydrogen-bond acceptors (Lipinski definition) is 0. The molecule has 2 heteroatoms. The van der Waals surface area contributed by atoms with E-state index in [9.17, 15) is 0 Å². The Morgan fingerprint density at radius 2 is 1.63 bits per heavy atom. The fraction of sp³-hybridized carbons (Fsp3) is 0.529. The molecule has 0 saturated heterocycles. The molecule has 0 radical (unpaired) electrons. The summed E-state index contributed by atoms with van der Waals surface area (Å²) in [5.41, 5.74) is 5.00. The van der Waals surface area contributed by atoms with Crippen LogP contribution >= 0.6 is 7.92 Å². The predicted octanol–water partition coefficient (Wildman–Crippen LogP) is 5.91. The molecule has 19 heavy (non-hydrogen) atoms. The van der Waals surface area contributed by atoms with Crippen molar-refractivity contribution in [2.24, 2.45) is 0 Å². The van der Waals surface area contributed by atoms with Crippen LogP contribution in [0.25, 0.3) is 5.31 Å². The molecule has 0 bridgehead atoms. The van der Waals surface area contributed by atoms with Crippen LogP contribution in [0.4, 0.5) is 0 Å². The van der Waals surface area contributed by atoms with Crippen LogP contribution in [0.15, 0.2) is 29.8 Å². The van der Waals surface area contributed by atoms with Gasteiger partial charge in [0, 0.05) is 0 Å². The molecule has 1 aliphatic rings. The molecule has 1 aromatic rings. The number of allylic oxidation sites excluding steroid dienone is 1. The molecule has 0 N–H and O–H groups in total. The van der Waals surface area contributed by atoms with Gasteiger partial charge in [-0.25, -0.2) is 0 Å². The third-order valence-electron chi connectivity index (χ3n) is 4.28. The Hall–Kier alpha value is 0.189. The fourth-order valence-corrected chi connectivity index (χ4v) is 13.7. The minimum atomic E-state index is -1.97. The summed E-state index contributed by atoms with van der Waals surface area (Å²) in [6, 6.07) is 9.25. The van der Waals surface area contributed by atoms with Gasteiger partial charge in [-0.1, -0.05) is 0 Å². The van der Waals surface area contributed by atoms with Crippen LogP contribution in [0.5, 0.6) is 0 Å². The van der Waals surface area contributed by atoms with Gasteiger partial charge in [0.2, 0.25) is 0 Å². The molecule has 0 nitrogen and oxygen atoms in total. The van der Waals surface area contributed by atoms with Gasteiger partial charge < -0.3 is 0 Å². The van der Waals surface area contributed by atoms with Crippen LogP contribution in [0, 0.1) is 0 Å². The summed E-state index contributed by atoms with van der Waals surface area (Å²) in [4.78, 5) is 7.76. The zero-order valence-electron chi connectivity index (χ0n) is 13.2. The summed E-state index contributed by atoms with van der Waals surface area (Å²) >= 11 is -1.97. The van der Waals surface area contributed by atoms with Gasteiger partial charge in [0.25, 0.3) is 0 Å². The molecule has 1 aliphatic carbocycles. The molecule has 1 atom stereocenters. The van der Waals surface area contributed by atoms with Gasteiger partial charge in [-0.05, 0) is 0 Å². The van der Waals surface area contributed by atoms with Crippen molar-refractivity contribution in [3.05, 3.63) is 41.0 Å². The van der Waals surface area contributed by atoms with Crippen molar-refractivity contribution in [1.29, 1.82) is 0 Å². The average Bonchev–Trinajstić information content (AvgIpc) is 2.64. The number of hydrogen-bond donors (Lipinski definition) is 0. The van der Waals surface area contributed by atoms with E-state index in [1.807, 2.05) is 0 Å². The standard InChI is InChI=1S/C14H18P.3CH3.Sn/c1-4-15(5-2)14-11(3)10-12-8-6-7-9-13(12)14;;;;/h6-10H,4-5H2,1-3H3;3*1H3;. The van der Waals surface area contributed by atoms with Crippen molar-refractivity contribution in [3.8, 4) is 0 Å². The molecular weight excluding hydrogens is 354 g/mol. The molecule has 0 aliphatic heterocycles. The van der Waals surface area contributed by atoms with E-state index in [0.717, 1.165) is 3.93 Å². The Labute approximate surface area is 124 Å². The summed E-state index contributed by atoms with van der Waals surface area (Å²) in [6.45, 7) is 7.17. The zero-order valence-corrected chi connectivity index (χ0v) is 17.0. The second-order valence-corrected chi connectivity index (χ2v) is 24.5. The van der Waals surface area contributed by atoms with Gasteiger partial charge >= 0.3 is 124 Å². The van der Waals surface area contributed by atoms with E-state index in [-0.39, 0.29) is 7.92 Å². The SMILES string of the molecule is CCP(CC)C1=C(C)[CH]([Sn]([CH3])([CH3])[CH3])c2ccccc21. The summed E-state index contributed by atoms with van der Waals surface area (Å²) in [6.07, 6.45) is 2.67. The van der Waals surface area contributed by atoms with Crippen molar-refractivity contribution >= 4 is 31.6 Å². The van der Waals surface area contributed by atoms with Crippen molar-refractivity contribution in [3.63, 3.8) is 0 Å². The second kappa shape index (κ2) is 5.90. The van der Waals surface area contributed by atoms with Crippen LogP contribution in [0.2, 0.25) is 14.8 Å². The van der Waals surface area contributed by atoms with Crippen LogP contribution < -0.4 is 0 Å². The monoisotopic (exact) mass is 382 g/mol. The fourth-order valence-electron chi connectivity index (χ4n) is 3.62. The van der Waals surface area contributed by atoms with E-state index >= 15 is 0 Å². The van der Waals surface area contributed by atoms with Crippen LogP contribution in [0.3, 0.4) is 0 Å². The first-order chi connectivity index (χ1) is 8.91. The molecule has 0 heterocycles. The summed E-state index contributed by atoms with van der Waals surface area (Å²) in [5, 5.41) is 1.76. The Balaban J connectivity index is 2.61. The van der Waals surface area contributed by atoms with Gasteiger partial charge in [0.15, 0.2) is 0 Å². The Morgan fingerprint density at radius 3 is 2.16 bits per heavy atom. The number of rotatable bonds is 4. The molecule has 0 aromatic heterocycles. The van der Waals surface area contributed by atoms with E-state index in [0.29, 0.717) is 0 Å². The molecule has 0 amide bonds. The van der Waals surface area contributed by atoms with Crippen LogP contribution in [0.1, 0.15) is 35.8 Å². The quantitative estimate of drug-likeness (QED) is 0.449. The maximum atomic E-state index is 2.59. The predicted molar refractivity (Wildman–Crippen MR) is 93.1 cm³/mol. The third-order valence-corrected chi connectivity index (χ3v) is 14.1. The van der Waals surface area contributed by atoms with E-state index in [4.69, 9.17) is 0 Å². The molecule has 2 rings (SSSR count). The zero-order chi connectivity index (χ0) is 14.2. The summed E-state index contributed by atoms with van der Waals surface area (Å²) in [5.74, 6) is 0. The van der Waals surface area contributed by atoms with E-state index in [1.54, 1.807) is 22.0 Å². The molecular formula is C17H27PSn. The Morgan fingerprint density at radius 1 is 1.05 bits per heavy atom. The van der Waals surface area contributed by atoms with Gasteiger partial charge in [-0.15, -0.1) is 0 Å². The second-order valence-electron chi connectivity index (χ2n) is 6.59. The topological polar surface area (TPSA) is 0 Å². The van der Waals surface area contributed by atoms with E-state index in [1.165, 1.54) is 12.3 Å². The number of fused-ring (bicyclic) bond motifs is 1. The molecule has 1 unspecified atom stereocenters. The molecule has 0 saturated carbocycles. The van der Waals surface area contributed by atoms with Crippen LogP contribution in [-0.2, 0) is 0 Å². The van der Waals surface area contributed by atoms with E-state index < -0.39 is 18.4 Å². The molecule has 104 valence electrons. The van der Waals surface area contributed by atoms with E-state index in [2.05, 4.69) is 59.9 Å². The normalized spacial score (nSPS) is 19.2. The first-order valence-corrected chi connectivity index (χ1v) is 19.4.